The minimum atomic E-state index is -3.15. The summed E-state index contributed by atoms with van der Waals surface area (Å²) in [4.78, 5) is 0. The Morgan fingerprint density at radius 2 is 2.06 bits per heavy atom. The molecule has 2 unspecified atom stereocenters. The van der Waals surface area contributed by atoms with E-state index in [2.05, 4.69) is 10.0 Å². The van der Waals surface area contributed by atoms with Gasteiger partial charge >= 0.3 is 0 Å². The van der Waals surface area contributed by atoms with Gasteiger partial charge < -0.3 is 10.1 Å². The van der Waals surface area contributed by atoms with Crippen LogP contribution in [0.3, 0.4) is 0 Å². The molecule has 0 aromatic carbocycles. The Labute approximate surface area is 110 Å². The summed E-state index contributed by atoms with van der Waals surface area (Å²) in [6.45, 7) is 5.25. The Morgan fingerprint density at radius 3 is 2.67 bits per heavy atom. The standard InChI is InChI=1S/C12H24N2O3S/c1-10(12-4-7-17-8-12)14-18(15,16)9-11-2-5-13-6-3-11/h10-14H,2-9H2,1H3. The predicted molar refractivity (Wildman–Crippen MR) is 70.9 cm³/mol. The molecule has 2 saturated heterocycles. The topological polar surface area (TPSA) is 67.4 Å². The van der Waals surface area contributed by atoms with Crippen molar-refractivity contribution in [1.29, 1.82) is 0 Å². The van der Waals surface area contributed by atoms with Gasteiger partial charge in [0.15, 0.2) is 0 Å². The van der Waals surface area contributed by atoms with Crippen LogP contribution in [0, 0.1) is 11.8 Å². The van der Waals surface area contributed by atoms with Crippen LogP contribution in [-0.2, 0) is 14.8 Å². The highest BCUT2D eigenvalue weighted by Crippen LogP contribution is 2.18. The van der Waals surface area contributed by atoms with E-state index in [0.29, 0.717) is 18.4 Å². The van der Waals surface area contributed by atoms with Crippen LogP contribution in [0.15, 0.2) is 0 Å². The number of nitrogens with one attached hydrogen (secondary N) is 2. The lowest BCUT2D eigenvalue weighted by atomic mass is 10.0. The summed E-state index contributed by atoms with van der Waals surface area (Å²) in [7, 11) is -3.15. The summed E-state index contributed by atoms with van der Waals surface area (Å²) in [5.74, 6) is 0.899. The molecule has 2 heterocycles. The Balaban J connectivity index is 1.82. The predicted octanol–water partition coefficient (Wildman–Crippen LogP) is 0.330. The van der Waals surface area contributed by atoms with E-state index in [-0.39, 0.29) is 11.8 Å². The van der Waals surface area contributed by atoms with Gasteiger partial charge in [-0.1, -0.05) is 0 Å². The highest BCUT2D eigenvalue weighted by molar-refractivity contribution is 7.89. The Kier molecular flexibility index (Phi) is 5.00. The summed E-state index contributed by atoms with van der Waals surface area (Å²) in [6.07, 6.45) is 2.88. The maximum atomic E-state index is 12.1. The average Bonchev–Trinajstić information content (AvgIpc) is 2.82. The molecule has 0 saturated carbocycles. The van der Waals surface area contributed by atoms with Gasteiger partial charge in [0.1, 0.15) is 0 Å². The van der Waals surface area contributed by atoms with E-state index in [1.807, 2.05) is 6.92 Å². The second kappa shape index (κ2) is 6.32. The van der Waals surface area contributed by atoms with Crippen LogP contribution in [0.5, 0.6) is 0 Å². The van der Waals surface area contributed by atoms with Crippen molar-refractivity contribution < 1.29 is 13.2 Å². The minimum absolute atomic E-state index is 0.0146. The zero-order chi connectivity index (χ0) is 13.0. The van der Waals surface area contributed by atoms with Crippen molar-refractivity contribution in [1.82, 2.24) is 10.0 Å². The molecule has 2 aliphatic rings. The first kappa shape index (κ1) is 14.2. The third-order valence-corrected chi connectivity index (χ3v) is 5.59. The SMILES string of the molecule is CC(NS(=O)(=O)CC1CCNCC1)C1CCOC1. The first-order valence-electron chi connectivity index (χ1n) is 6.85. The molecule has 0 amide bonds. The summed E-state index contributed by atoms with van der Waals surface area (Å²) in [5, 5.41) is 3.25. The summed E-state index contributed by atoms with van der Waals surface area (Å²) < 4.78 is 32.3. The smallest absolute Gasteiger partial charge is 0.212 e. The summed E-state index contributed by atoms with van der Waals surface area (Å²) in [5.41, 5.74) is 0. The highest BCUT2D eigenvalue weighted by atomic mass is 32.2. The molecule has 2 fully saturated rings. The van der Waals surface area contributed by atoms with Crippen LogP contribution in [0.1, 0.15) is 26.2 Å². The van der Waals surface area contributed by atoms with Crippen molar-refractivity contribution in [2.75, 3.05) is 32.1 Å². The molecule has 0 aromatic rings. The van der Waals surface area contributed by atoms with Crippen LogP contribution in [0.25, 0.3) is 0 Å². The molecule has 0 aromatic heterocycles. The maximum Gasteiger partial charge on any atom is 0.212 e. The zero-order valence-corrected chi connectivity index (χ0v) is 11.8. The van der Waals surface area contributed by atoms with Crippen molar-refractivity contribution in [3.05, 3.63) is 0 Å². The summed E-state index contributed by atoms with van der Waals surface area (Å²) >= 11 is 0. The van der Waals surface area contributed by atoms with Gasteiger partial charge in [-0.25, -0.2) is 13.1 Å². The third kappa shape index (κ3) is 4.19. The van der Waals surface area contributed by atoms with Gasteiger partial charge in [0.05, 0.1) is 12.4 Å². The van der Waals surface area contributed by atoms with Crippen LogP contribution in [-0.4, -0.2) is 46.5 Å². The average molecular weight is 276 g/mol. The molecule has 0 spiro atoms. The summed E-state index contributed by atoms with van der Waals surface area (Å²) in [6, 6.07) is -0.0146. The lowest BCUT2D eigenvalue weighted by Gasteiger charge is -2.24. The Bertz CT molecular complexity index is 346. The van der Waals surface area contributed by atoms with Gasteiger partial charge in [-0.3, -0.25) is 0 Å². The molecule has 2 aliphatic heterocycles. The van der Waals surface area contributed by atoms with E-state index < -0.39 is 10.0 Å². The fraction of sp³-hybridized carbons (Fsp3) is 1.00. The quantitative estimate of drug-likeness (QED) is 0.759. The molecular weight excluding hydrogens is 252 g/mol. The molecule has 106 valence electrons. The maximum absolute atomic E-state index is 12.1. The fourth-order valence-electron chi connectivity index (χ4n) is 2.73. The molecule has 2 rings (SSSR count). The fourth-order valence-corrected chi connectivity index (χ4v) is 4.54. The van der Waals surface area contributed by atoms with Crippen molar-refractivity contribution in [3.63, 3.8) is 0 Å². The van der Waals surface area contributed by atoms with Crippen LogP contribution >= 0.6 is 0 Å². The van der Waals surface area contributed by atoms with Crippen LogP contribution < -0.4 is 10.0 Å². The van der Waals surface area contributed by atoms with E-state index in [1.165, 1.54) is 0 Å². The number of rotatable bonds is 5. The van der Waals surface area contributed by atoms with Gasteiger partial charge in [0, 0.05) is 18.6 Å². The molecular formula is C12H24N2O3S. The lowest BCUT2D eigenvalue weighted by Crippen LogP contribution is -2.42. The first-order valence-corrected chi connectivity index (χ1v) is 8.50. The lowest BCUT2D eigenvalue weighted by molar-refractivity contribution is 0.180. The van der Waals surface area contributed by atoms with Gasteiger partial charge in [-0.15, -0.1) is 0 Å². The molecule has 0 aliphatic carbocycles. The molecule has 2 atom stereocenters. The number of sulfonamides is 1. The van der Waals surface area contributed by atoms with Gasteiger partial charge in [-0.2, -0.15) is 0 Å². The van der Waals surface area contributed by atoms with Crippen molar-refractivity contribution in [2.45, 2.75) is 32.2 Å². The van der Waals surface area contributed by atoms with Gasteiger partial charge in [-0.05, 0) is 45.2 Å². The van der Waals surface area contributed by atoms with Gasteiger partial charge in [0.2, 0.25) is 10.0 Å². The molecule has 0 radical (unpaired) electrons. The second-order valence-electron chi connectivity index (χ2n) is 5.50. The Morgan fingerprint density at radius 1 is 1.33 bits per heavy atom. The van der Waals surface area contributed by atoms with Gasteiger partial charge in [0.25, 0.3) is 0 Å². The molecule has 6 heteroatoms. The minimum Gasteiger partial charge on any atom is -0.381 e. The second-order valence-corrected chi connectivity index (χ2v) is 7.30. The monoisotopic (exact) mass is 276 g/mol. The van der Waals surface area contributed by atoms with E-state index in [0.717, 1.165) is 39.0 Å². The number of ether oxygens (including phenoxy) is 1. The van der Waals surface area contributed by atoms with E-state index in [1.54, 1.807) is 0 Å². The molecule has 2 N–H and O–H groups in total. The highest BCUT2D eigenvalue weighted by Gasteiger charge is 2.27. The normalized spacial score (nSPS) is 28.4. The number of hydrogen-bond donors (Lipinski definition) is 2. The van der Waals surface area contributed by atoms with Crippen LogP contribution in [0.4, 0.5) is 0 Å². The van der Waals surface area contributed by atoms with E-state index in [4.69, 9.17) is 4.74 Å². The van der Waals surface area contributed by atoms with Crippen LogP contribution in [0.2, 0.25) is 0 Å². The van der Waals surface area contributed by atoms with Crippen molar-refractivity contribution in [2.24, 2.45) is 11.8 Å². The van der Waals surface area contributed by atoms with Crippen molar-refractivity contribution in [3.8, 4) is 0 Å². The van der Waals surface area contributed by atoms with Crippen molar-refractivity contribution >= 4 is 10.0 Å². The first-order chi connectivity index (χ1) is 8.57. The number of hydrogen-bond acceptors (Lipinski definition) is 4. The Hall–Kier alpha value is -0.170. The van der Waals surface area contributed by atoms with E-state index >= 15 is 0 Å². The molecule has 18 heavy (non-hydrogen) atoms. The zero-order valence-electron chi connectivity index (χ0n) is 11.0. The largest absolute Gasteiger partial charge is 0.381 e. The third-order valence-electron chi connectivity index (χ3n) is 3.95. The van der Waals surface area contributed by atoms with E-state index in [9.17, 15) is 8.42 Å². The number of piperidine rings is 1. The molecule has 5 nitrogen and oxygen atoms in total. The molecule has 0 bridgehead atoms.